The van der Waals surface area contributed by atoms with Gasteiger partial charge in [0.15, 0.2) is 5.13 Å². The first-order valence-corrected chi connectivity index (χ1v) is 11.6. The molecule has 1 heterocycles. The van der Waals surface area contributed by atoms with Crippen LogP contribution in [-0.2, 0) is 4.79 Å². The Balaban J connectivity index is 1.50. The maximum Gasteiger partial charge on any atom is 0.255 e. The molecule has 2 N–H and O–H groups in total. The fourth-order valence-electron chi connectivity index (χ4n) is 4.35. The van der Waals surface area contributed by atoms with Crippen LogP contribution in [-0.4, -0.2) is 16.8 Å². The molecule has 1 saturated carbocycles. The van der Waals surface area contributed by atoms with Gasteiger partial charge >= 0.3 is 0 Å². The number of carbonyl (C=O) groups excluding carboxylic acids is 2. The number of thiazole rings is 1. The van der Waals surface area contributed by atoms with Gasteiger partial charge in [0, 0.05) is 11.3 Å². The molecule has 0 saturated heterocycles. The van der Waals surface area contributed by atoms with Gasteiger partial charge in [0.2, 0.25) is 5.91 Å². The highest BCUT2D eigenvalue weighted by Crippen LogP contribution is 2.59. The van der Waals surface area contributed by atoms with Crippen LogP contribution in [0.2, 0.25) is 0 Å². The van der Waals surface area contributed by atoms with Crippen LogP contribution >= 0.6 is 11.3 Å². The smallest absolute Gasteiger partial charge is 0.255 e. The van der Waals surface area contributed by atoms with Gasteiger partial charge < -0.3 is 10.6 Å². The molecule has 1 fully saturated rings. The van der Waals surface area contributed by atoms with Gasteiger partial charge in [-0.2, -0.15) is 0 Å². The normalized spacial score (nSPS) is 18.8. The first-order valence-electron chi connectivity index (χ1n) is 10.8. The van der Waals surface area contributed by atoms with Gasteiger partial charge in [-0.05, 0) is 68.4 Å². The molecule has 3 aromatic rings. The molecule has 5 nitrogen and oxygen atoms in total. The van der Waals surface area contributed by atoms with E-state index in [9.17, 15) is 9.59 Å². The fraction of sp³-hybridized carbons (Fsp3) is 0.346. The number of nitrogens with one attached hydrogen (secondary N) is 2. The van der Waals surface area contributed by atoms with Crippen molar-refractivity contribution < 1.29 is 9.59 Å². The molecule has 1 aliphatic carbocycles. The predicted molar refractivity (Wildman–Crippen MR) is 132 cm³/mol. The van der Waals surface area contributed by atoms with Crippen molar-refractivity contribution in [2.24, 2.45) is 17.3 Å². The minimum Gasteiger partial charge on any atom is -0.322 e. The second-order valence-corrected chi connectivity index (χ2v) is 10.5. The second kappa shape index (κ2) is 8.17. The zero-order valence-corrected chi connectivity index (χ0v) is 20.2. The van der Waals surface area contributed by atoms with E-state index >= 15 is 0 Å². The lowest BCUT2D eigenvalue weighted by Crippen LogP contribution is -2.16. The molecule has 0 spiro atoms. The van der Waals surface area contributed by atoms with Gasteiger partial charge in [0.05, 0.1) is 16.1 Å². The van der Waals surface area contributed by atoms with Crippen molar-refractivity contribution in [3.63, 3.8) is 0 Å². The minimum absolute atomic E-state index is 0.00421. The van der Waals surface area contributed by atoms with Crippen LogP contribution in [0.5, 0.6) is 0 Å². The Hall–Kier alpha value is -2.99. The molecule has 2 aromatic carbocycles. The van der Waals surface area contributed by atoms with E-state index in [0.29, 0.717) is 10.7 Å². The second-order valence-electron chi connectivity index (χ2n) is 9.48. The Morgan fingerprint density at radius 2 is 1.75 bits per heavy atom. The zero-order chi connectivity index (χ0) is 23.2. The SMILES string of the molecule is CC(C)=C[C@@H]1[C@H](C(=O)Nc2nc3ccc(C(=O)Nc4c(C)cccc4C)cc3s2)C1(C)C. The van der Waals surface area contributed by atoms with Crippen LogP contribution in [0.1, 0.15) is 49.2 Å². The van der Waals surface area contributed by atoms with E-state index in [0.717, 1.165) is 27.0 Å². The fourth-order valence-corrected chi connectivity index (χ4v) is 5.26. The maximum absolute atomic E-state index is 12.9. The number of carbonyl (C=O) groups is 2. The summed E-state index contributed by atoms with van der Waals surface area (Å²) in [6.07, 6.45) is 2.18. The first kappa shape index (κ1) is 22.2. The van der Waals surface area contributed by atoms with Gasteiger partial charge in [-0.3, -0.25) is 9.59 Å². The quantitative estimate of drug-likeness (QED) is 0.448. The molecular formula is C26H29N3O2S. The van der Waals surface area contributed by atoms with Crippen molar-refractivity contribution in [1.29, 1.82) is 0 Å². The topological polar surface area (TPSA) is 71.1 Å². The van der Waals surface area contributed by atoms with Gasteiger partial charge in [-0.25, -0.2) is 4.98 Å². The number of hydrogen-bond acceptors (Lipinski definition) is 4. The van der Waals surface area contributed by atoms with Crippen molar-refractivity contribution >= 4 is 44.2 Å². The number of para-hydroxylation sites is 1. The molecule has 0 radical (unpaired) electrons. The zero-order valence-electron chi connectivity index (χ0n) is 19.4. The third-order valence-electron chi connectivity index (χ3n) is 6.31. The number of amides is 2. The van der Waals surface area contributed by atoms with E-state index in [-0.39, 0.29) is 29.1 Å². The number of benzene rings is 2. The standard InChI is InChI=1S/C26H29N3O2S/c1-14(2)12-18-21(26(18,5)6)24(31)29-25-27-19-11-10-17(13-20(19)32-25)23(30)28-22-15(3)8-7-9-16(22)4/h7-13,18,21H,1-6H3,(H,28,30)(H,27,29,31)/t18-,21-/m1/s1. The number of fused-ring (bicyclic) bond motifs is 1. The molecule has 4 rings (SSSR count). The molecule has 2 amide bonds. The monoisotopic (exact) mass is 447 g/mol. The Bertz CT molecular complexity index is 1230. The number of hydrogen-bond donors (Lipinski definition) is 2. The Labute approximate surface area is 193 Å². The molecule has 0 unspecified atom stereocenters. The summed E-state index contributed by atoms with van der Waals surface area (Å²) in [4.78, 5) is 30.3. The molecule has 32 heavy (non-hydrogen) atoms. The van der Waals surface area contributed by atoms with Crippen LogP contribution in [0, 0.1) is 31.1 Å². The van der Waals surface area contributed by atoms with Crippen LogP contribution in [0.3, 0.4) is 0 Å². The molecule has 1 aliphatic rings. The van der Waals surface area contributed by atoms with Crippen molar-refractivity contribution in [3.8, 4) is 0 Å². The van der Waals surface area contributed by atoms with E-state index in [1.165, 1.54) is 16.9 Å². The third kappa shape index (κ3) is 4.19. The summed E-state index contributed by atoms with van der Waals surface area (Å²) >= 11 is 1.39. The Morgan fingerprint density at radius 1 is 1.06 bits per heavy atom. The Morgan fingerprint density at radius 3 is 2.41 bits per heavy atom. The number of aromatic nitrogens is 1. The molecular weight excluding hydrogens is 418 g/mol. The maximum atomic E-state index is 12.9. The highest BCUT2D eigenvalue weighted by atomic mass is 32.1. The number of rotatable bonds is 5. The molecule has 2 atom stereocenters. The van der Waals surface area contributed by atoms with E-state index in [4.69, 9.17) is 0 Å². The van der Waals surface area contributed by atoms with Crippen LogP contribution < -0.4 is 10.6 Å². The lowest BCUT2D eigenvalue weighted by Gasteiger charge is -2.11. The summed E-state index contributed by atoms with van der Waals surface area (Å²) in [6.45, 7) is 12.3. The Kier molecular flexibility index (Phi) is 5.67. The lowest BCUT2D eigenvalue weighted by atomic mass is 10.1. The highest BCUT2D eigenvalue weighted by molar-refractivity contribution is 7.22. The van der Waals surface area contributed by atoms with E-state index in [1.807, 2.05) is 44.2 Å². The van der Waals surface area contributed by atoms with Crippen molar-refractivity contribution in [3.05, 3.63) is 64.7 Å². The first-order chi connectivity index (χ1) is 15.1. The lowest BCUT2D eigenvalue weighted by molar-refractivity contribution is -0.118. The molecule has 166 valence electrons. The summed E-state index contributed by atoms with van der Waals surface area (Å²) < 4.78 is 0.866. The van der Waals surface area contributed by atoms with E-state index in [2.05, 4.69) is 49.4 Å². The number of anilines is 2. The van der Waals surface area contributed by atoms with Gasteiger partial charge in [-0.1, -0.05) is 55.0 Å². The number of aryl methyl sites for hydroxylation is 2. The van der Waals surface area contributed by atoms with Crippen LogP contribution in [0.4, 0.5) is 10.8 Å². The largest absolute Gasteiger partial charge is 0.322 e. The average Bonchev–Trinajstić information content (AvgIpc) is 3.04. The number of allylic oxidation sites excluding steroid dienone is 2. The molecule has 0 bridgehead atoms. The third-order valence-corrected chi connectivity index (χ3v) is 7.24. The van der Waals surface area contributed by atoms with Gasteiger partial charge in [0.1, 0.15) is 0 Å². The molecule has 1 aromatic heterocycles. The number of nitrogens with zero attached hydrogens (tertiary/aromatic N) is 1. The van der Waals surface area contributed by atoms with Crippen molar-refractivity contribution in [1.82, 2.24) is 4.98 Å². The minimum atomic E-state index is -0.160. The van der Waals surface area contributed by atoms with Gasteiger partial charge in [-0.15, -0.1) is 0 Å². The van der Waals surface area contributed by atoms with Crippen LogP contribution in [0.25, 0.3) is 10.2 Å². The van der Waals surface area contributed by atoms with E-state index in [1.54, 1.807) is 6.07 Å². The van der Waals surface area contributed by atoms with E-state index < -0.39 is 0 Å². The summed E-state index contributed by atoms with van der Waals surface area (Å²) in [7, 11) is 0. The molecule has 0 aliphatic heterocycles. The predicted octanol–water partition coefficient (Wildman–Crippen LogP) is 6.34. The highest BCUT2D eigenvalue weighted by Gasteiger charge is 2.60. The van der Waals surface area contributed by atoms with Crippen molar-refractivity contribution in [2.45, 2.75) is 41.5 Å². The summed E-state index contributed by atoms with van der Waals surface area (Å²) in [5.41, 5.74) is 5.40. The summed E-state index contributed by atoms with van der Waals surface area (Å²) in [6, 6.07) is 11.4. The van der Waals surface area contributed by atoms with Crippen LogP contribution in [0.15, 0.2) is 48.0 Å². The summed E-state index contributed by atoms with van der Waals surface area (Å²) in [5, 5.41) is 6.58. The van der Waals surface area contributed by atoms with Gasteiger partial charge in [0.25, 0.3) is 5.91 Å². The molecule has 6 heteroatoms. The average molecular weight is 448 g/mol. The van der Waals surface area contributed by atoms with Crippen molar-refractivity contribution in [2.75, 3.05) is 10.6 Å². The summed E-state index contributed by atoms with van der Waals surface area (Å²) in [5.74, 6) is 0.0438.